The van der Waals surface area contributed by atoms with Crippen LogP contribution >= 0.6 is 11.6 Å². The number of hydrogen-bond donors (Lipinski definition) is 0. The third-order valence-corrected chi connectivity index (χ3v) is 1.21. The van der Waals surface area contributed by atoms with Crippen molar-refractivity contribution in [3.63, 3.8) is 0 Å². The number of hydrogen-bond acceptors (Lipinski definition) is 0. The van der Waals surface area contributed by atoms with Gasteiger partial charge >= 0.3 is 0 Å². The molecule has 3 heteroatoms. The van der Waals surface area contributed by atoms with E-state index in [1.807, 2.05) is 0 Å². The molecule has 9 heavy (non-hydrogen) atoms. The van der Waals surface area contributed by atoms with Crippen LogP contribution in [0.1, 0.15) is 0 Å². The van der Waals surface area contributed by atoms with Crippen LogP contribution in [-0.2, 0) is 0 Å². The molecule has 0 atom stereocenters. The van der Waals surface area contributed by atoms with Crippen molar-refractivity contribution in [3.05, 3.63) is 29.0 Å². The van der Waals surface area contributed by atoms with Gasteiger partial charge in [-0.2, -0.15) is 0 Å². The highest BCUT2D eigenvalue weighted by molar-refractivity contribution is 6.30. The van der Waals surface area contributed by atoms with Crippen LogP contribution in [0.25, 0.3) is 0 Å². The molecule has 0 amide bonds. The van der Waals surface area contributed by atoms with Crippen LogP contribution in [0, 0.1) is 5.82 Å². The standard InChI is InChI=1S/C6H4ClFN/c7-5-3-4(9)1-2-6(5)8/h1-3,9H. The van der Waals surface area contributed by atoms with Crippen LogP contribution < -0.4 is 5.73 Å². The lowest BCUT2D eigenvalue weighted by Crippen LogP contribution is -1.75. The van der Waals surface area contributed by atoms with Gasteiger partial charge in [0.2, 0.25) is 0 Å². The fourth-order valence-corrected chi connectivity index (χ4v) is 0.677. The van der Waals surface area contributed by atoms with Gasteiger partial charge in [-0.1, -0.05) is 11.6 Å². The van der Waals surface area contributed by atoms with Crippen molar-refractivity contribution >= 4 is 17.3 Å². The predicted octanol–water partition coefficient (Wildman–Crippen LogP) is 2.39. The van der Waals surface area contributed by atoms with E-state index in [1.54, 1.807) is 0 Å². The zero-order valence-corrected chi connectivity index (χ0v) is 5.24. The lowest BCUT2D eigenvalue weighted by Gasteiger charge is -1.92. The number of rotatable bonds is 0. The average molecular weight is 145 g/mol. The molecule has 0 bridgehead atoms. The third-order valence-electron chi connectivity index (χ3n) is 0.920. The van der Waals surface area contributed by atoms with E-state index in [9.17, 15) is 4.39 Å². The summed E-state index contributed by atoms with van der Waals surface area (Å²) in [5, 5.41) is 0.00231. The fraction of sp³-hybridized carbons (Fsp3) is 0. The fourth-order valence-electron chi connectivity index (χ4n) is 0.496. The summed E-state index contributed by atoms with van der Waals surface area (Å²) in [5.74, 6) is -0.479. The summed E-state index contributed by atoms with van der Waals surface area (Å²) in [7, 11) is 0. The summed E-state index contributed by atoms with van der Waals surface area (Å²) in [6.07, 6.45) is 0. The van der Waals surface area contributed by atoms with Gasteiger partial charge in [-0.15, -0.1) is 0 Å². The molecule has 1 rings (SSSR count). The second-order valence-electron chi connectivity index (χ2n) is 1.63. The Labute approximate surface area is 57.2 Å². The van der Waals surface area contributed by atoms with Crippen molar-refractivity contribution in [2.45, 2.75) is 0 Å². The molecule has 1 N–H and O–H groups in total. The molecule has 0 heterocycles. The maximum atomic E-state index is 12.3. The van der Waals surface area contributed by atoms with Crippen LogP contribution in [0.2, 0.25) is 5.02 Å². The Bertz CT molecular complexity index is 224. The van der Waals surface area contributed by atoms with E-state index < -0.39 is 5.82 Å². The molecule has 0 saturated carbocycles. The molecule has 1 aromatic rings. The number of halogens is 2. The molecule has 0 unspecified atom stereocenters. The van der Waals surface area contributed by atoms with Gasteiger partial charge in [-0.05, 0) is 18.2 Å². The smallest absolute Gasteiger partial charge is 0.141 e. The first kappa shape index (κ1) is 6.36. The van der Waals surface area contributed by atoms with Crippen molar-refractivity contribution in [3.8, 4) is 0 Å². The maximum absolute atomic E-state index is 12.3. The Kier molecular flexibility index (Phi) is 1.58. The summed E-state index contributed by atoms with van der Waals surface area (Å²) in [4.78, 5) is 0. The quantitative estimate of drug-likeness (QED) is 0.534. The summed E-state index contributed by atoms with van der Waals surface area (Å²) in [6, 6.07) is 3.78. The normalized spacial score (nSPS) is 9.56. The second-order valence-corrected chi connectivity index (χ2v) is 2.04. The van der Waals surface area contributed by atoms with Crippen LogP contribution in [0.3, 0.4) is 0 Å². The van der Waals surface area contributed by atoms with E-state index in [4.69, 9.17) is 17.3 Å². The lowest BCUT2D eigenvalue weighted by atomic mass is 10.3. The van der Waals surface area contributed by atoms with Crippen LogP contribution in [0.5, 0.6) is 0 Å². The Balaban J connectivity index is 3.17. The minimum atomic E-state index is -0.479. The summed E-state index contributed by atoms with van der Waals surface area (Å²) >= 11 is 5.32. The zero-order chi connectivity index (χ0) is 6.85. The molecule has 0 aliphatic carbocycles. The van der Waals surface area contributed by atoms with Crippen molar-refractivity contribution in [1.29, 1.82) is 0 Å². The largest absolute Gasteiger partial charge is 0.301 e. The monoisotopic (exact) mass is 144 g/mol. The molecule has 0 spiro atoms. The zero-order valence-electron chi connectivity index (χ0n) is 4.49. The van der Waals surface area contributed by atoms with Gasteiger partial charge in [0.15, 0.2) is 0 Å². The minimum Gasteiger partial charge on any atom is -0.301 e. The van der Waals surface area contributed by atoms with Gasteiger partial charge in [0.25, 0.3) is 0 Å². The van der Waals surface area contributed by atoms with Gasteiger partial charge < -0.3 is 5.73 Å². The Morgan fingerprint density at radius 3 is 2.56 bits per heavy atom. The van der Waals surface area contributed by atoms with Crippen molar-refractivity contribution in [1.82, 2.24) is 5.73 Å². The molecule has 47 valence electrons. The Hall–Kier alpha value is -0.760. The Morgan fingerprint density at radius 2 is 2.11 bits per heavy atom. The van der Waals surface area contributed by atoms with Gasteiger partial charge in [0.05, 0.1) is 10.7 Å². The molecular formula is C6H4ClFN. The van der Waals surface area contributed by atoms with E-state index in [1.165, 1.54) is 18.2 Å². The SMILES string of the molecule is [NH]c1ccc(F)c(Cl)c1. The minimum absolute atomic E-state index is 0.00231. The highest BCUT2D eigenvalue weighted by Gasteiger charge is 1.96. The molecule has 1 aromatic carbocycles. The van der Waals surface area contributed by atoms with Gasteiger partial charge in [0, 0.05) is 0 Å². The van der Waals surface area contributed by atoms with Gasteiger partial charge in [-0.25, -0.2) is 4.39 Å². The summed E-state index contributed by atoms with van der Waals surface area (Å²) < 4.78 is 12.3. The first-order chi connectivity index (χ1) is 4.20. The predicted molar refractivity (Wildman–Crippen MR) is 34.2 cm³/mol. The van der Waals surface area contributed by atoms with E-state index in [-0.39, 0.29) is 10.7 Å². The topological polar surface area (TPSA) is 23.8 Å². The molecule has 0 aromatic heterocycles. The maximum Gasteiger partial charge on any atom is 0.141 e. The molecule has 0 aliphatic rings. The first-order valence-electron chi connectivity index (χ1n) is 2.37. The average Bonchev–Trinajstić information content (AvgIpc) is 1.80. The molecule has 0 aliphatic heterocycles. The molecule has 0 fully saturated rings. The molecule has 0 saturated heterocycles. The van der Waals surface area contributed by atoms with Crippen LogP contribution in [-0.4, -0.2) is 0 Å². The van der Waals surface area contributed by atoms with Crippen molar-refractivity contribution < 1.29 is 4.39 Å². The lowest BCUT2D eigenvalue weighted by molar-refractivity contribution is 0.628. The molecular weight excluding hydrogens is 141 g/mol. The van der Waals surface area contributed by atoms with Gasteiger partial charge in [0.1, 0.15) is 5.82 Å². The van der Waals surface area contributed by atoms with Gasteiger partial charge in [-0.3, -0.25) is 0 Å². The number of benzene rings is 1. The van der Waals surface area contributed by atoms with E-state index >= 15 is 0 Å². The van der Waals surface area contributed by atoms with Crippen molar-refractivity contribution in [2.75, 3.05) is 0 Å². The number of nitrogens with one attached hydrogen (secondary N) is 1. The highest BCUT2D eigenvalue weighted by atomic mass is 35.5. The Morgan fingerprint density at radius 1 is 1.44 bits per heavy atom. The van der Waals surface area contributed by atoms with E-state index in [0.29, 0.717) is 0 Å². The van der Waals surface area contributed by atoms with Crippen molar-refractivity contribution in [2.24, 2.45) is 0 Å². The third kappa shape index (κ3) is 1.33. The van der Waals surface area contributed by atoms with E-state index in [0.717, 1.165) is 0 Å². The van der Waals surface area contributed by atoms with Crippen LogP contribution in [0.4, 0.5) is 10.1 Å². The second kappa shape index (κ2) is 2.23. The summed E-state index contributed by atoms with van der Waals surface area (Å²) in [5.41, 5.74) is 7.20. The summed E-state index contributed by atoms with van der Waals surface area (Å²) in [6.45, 7) is 0. The van der Waals surface area contributed by atoms with Crippen LogP contribution in [0.15, 0.2) is 18.2 Å². The highest BCUT2D eigenvalue weighted by Crippen LogP contribution is 2.17. The molecule has 1 nitrogen and oxygen atoms in total. The van der Waals surface area contributed by atoms with E-state index in [2.05, 4.69) is 0 Å². The molecule has 1 radical (unpaired) electrons. The first-order valence-corrected chi connectivity index (χ1v) is 2.74.